The van der Waals surface area contributed by atoms with Crippen LogP contribution >= 0.6 is 0 Å². The van der Waals surface area contributed by atoms with E-state index < -0.39 is 0 Å². The van der Waals surface area contributed by atoms with Crippen molar-refractivity contribution in [2.24, 2.45) is 0 Å². The fourth-order valence-corrected chi connectivity index (χ4v) is 2.93. The first-order valence-corrected chi connectivity index (χ1v) is 7.85. The van der Waals surface area contributed by atoms with Gasteiger partial charge < -0.3 is 19.5 Å². The van der Waals surface area contributed by atoms with Crippen LogP contribution in [0.2, 0.25) is 0 Å². The molecule has 1 heterocycles. The number of hydrogen-bond acceptors (Lipinski definition) is 4. The number of amides is 1. The largest absolute Gasteiger partial charge is 0.416 e. The van der Waals surface area contributed by atoms with Gasteiger partial charge in [-0.25, -0.2) is 4.79 Å². The zero-order valence-electron chi connectivity index (χ0n) is 12.7. The predicted molar refractivity (Wildman–Crippen MR) is 75.5 cm³/mol. The second kappa shape index (κ2) is 7.27. The second-order valence-electron chi connectivity index (χ2n) is 5.86. The number of epoxide rings is 1. The average molecular weight is 285 g/mol. The monoisotopic (exact) mass is 285 g/mol. The van der Waals surface area contributed by atoms with E-state index in [1.165, 1.54) is 12.8 Å². The highest BCUT2D eigenvalue weighted by molar-refractivity contribution is 5.67. The summed E-state index contributed by atoms with van der Waals surface area (Å²) in [6, 6.07) is 0. The topological polar surface area (TPSA) is 60.1 Å². The van der Waals surface area contributed by atoms with Gasteiger partial charge in [0.1, 0.15) is 5.60 Å². The van der Waals surface area contributed by atoms with Crippen molar-refractivity contribution in [1.29, 1.82) is 0 Å². The van der Waals surface area contributed by atoms with Gasteiger partial charge in [0.25, 0.3) is 0 Å². The number of unbranched alkanes of at least 4 members (excludes halogenated alkanes) is 3. The van der Waals surface area contributed by atoms with Crippen LogP contribution in [0, 0.1) is 0 Å². The summed E-state index contributed by atoms with van der Waals surface area (Å²) in [4.78, 5) is 11.7. The molecule has 3 unspecified atom stereocenters. The number of carbonyl (C=O) groups excluding carboxylic acids is 1. The van der Waals surface area contributed by atoms with Gasteiger partial charge in [0.2, 0.25) is 6.29 Å². The molecule has 1 saturated heterocycles. The Morgan fingerprint density at radius 3 is 3.00 bits per heavy atom. The number of nitrogens with one attached hydrogen (secondary N) is 1. The summed E-state index contributed by atoms with van der Waals surface area (Å²) in [7, 11) is 1.73. The number of ether oxygens (including phenoxy) is 3. The molecule has 0 aromatic rings. The van der Waals surface area contributed by atoms with Gasteiger partial charge in [-0.3, -0.25) is 0 Å². The van der Waals surface area contributed by atoms with Crippen LogP contribution < -0.4 is 5.32 Å². The normalized spacial score (nSPS) is 32.1. The van der Waals surface area contributed by atoms with E-state index in [4.69, 9.17) is 14.2 Å². The lowest BCUT2D eigenvalue weighted by atomic mass is 9.87. The van der Waals surface area contributed by atoms with Crippen LogP contribution in [0.15, 0.2) is 0 Å². The molecule has 2 fully saturated rings. The lowest BCUT2D eigenvalue weighted by Gasteiger charge is -2.25. The van der Waals surface area contributed by atoms with Crippen molar-refractivity contribution in [3.05, 3.63) is 0 Å². The third-order valence-corrected chi connectivity index (χ3v) is 4.26. The molecule has 5 heteroatoms. The molecule has 1 amide bonds. The van der Waals surface area contributed by atoms with Crippen molar-refractivity contribution in [2.45, 2.75) is 76.3 Å². The molecule has 2 rings (SSSR count). The molecule has 5 nitrogen and oxygen atoms in total. The van der Waals surface area contributed by atoms with Crippen LogP contribution in [0.3, 0.4) is 0 Å². The summed E-state index contributed by atoms with van der Waals surface area (Å²) in [6.45, 7) is 2.85. The van der Waals surface area contributed by atoms with Crippen LogP contribution in [-0.2, 0) is 14.2 Å². The first kappa shape index (κ1) is 15.6. The van der Waals surface area contributed by atoms with Crippen molar-refractivity contribution in [2.75, 3.05) is 13.7 Å². The maximum atomic E-state index is 11.7. The van der Waals surface area contributed by atoms with E-state index in [1.807, 2.05) is 0 Å². The maximum absolute atomic E-state index is 11.7. The molecule has 1 saturated carbocycles. The van der Waals surface area contributed by atoms with Gasteiger partial charge in [0, 0.05) is 20.1 Å². The van der Waals surface area contributed by atoms with Gasteiger partial charge in [-0.1, -0.05) is 26.2 Å². The summed E-state index contributed by atoms with van der Waals surface area (Å²) >= 11 is 0. The molecule has 20 heavy (non-hydrogen) atoms. The number of methoxy groups -OCH3 is 1. The summed E-state index contributed by atoms with van der Waals surface area (Å²) in [5.41, 5.74) is -0.265. The molecule has 1 N–H and O–H groups in total. The highest BCUT2D eigenvalue weighted by Gasteiger charge is 2.61. The van der Waals surface area contributed by atoms with Crippen molar-refractivity contribution in [3.63, 3.8) is 0 Å². The molecule has 1 aliphatic heterocycles. The highest BCUT2D eigenvalue weighted by atomic mass is 16.8. The van der Waals surface area contributed by atoms with E-state index in [0.717, 1.165) is 38.5 Å². The Morgan fingerprint density at radius 2 is 2.25 bits per heavy atom. The minimum atomic E-state index is -0.379. The SMILES string of the molecule is CCCCCCNC(=O)OC1OC12CCCC(OC)C2. The van der Waals surface area contributed by atoms with E-state index in [-0.39, 0.29) is 24.1 Å². The van der Waals surface area contributed by atoms with Gasteiger partial charge in [-0.05, 0) is 25.7 Å². The Bertz CT molecular complexity index is 323. The van der Waals surface area contributed by atoms with Crippen LogP contribution in [-0.4, -0.2) is 37.7 Å². The Labute approximate surface area is 121 Å². The Morgan fingerprint density at radius 1 is 1.40 bits per heavy atom. The standard InChI is InChI=1S/C15H27NO4/c1-3-4-5-6-10-16-14(17)19-13-15(20-13)9-7-8-12(11-15)18-2/h12-13H,3-11H2,1-2H3,(H,16,17). The van der Waals surface area contributed by atoms with Crippen LogP contribution in [0.4, 0.5) is 4.79 Å². The molecule has 3 atom stereocenters. The van der Waals surface area contributed by atoms with Crippen molar-refractivity contribution >= 4 is 6.09 Å². The fraction of sp³-hybridized carbons (Fsp3) is 0.933. The van der Waals surface area contributed by atoms with Crippen molar-refractivity contribution in [1.82, 2.24) is 5.32 Å². The first-order chi connectivity index (χ1) is 9.70. The maximum Gasteiger partial charge on any atom is 0.409 e. The van der Waals surface area contributed by atoms with Gasteiger partial charge in [-0.2, -0.15) is 0 Å². The Kier molecular flexibility index (Phi) is 5.66. The fourth-order valence-electron chi connectivity index (χ4n) is 2.93. The number of carbonyl (C=O) groups is 1. The van der Waals surface area contributed by atoms with E-state index in [1.54, 1.807) is 7.11 Å². The molecule has 0 bridgehead atoms. The second-order valence-corrected chi connectivity index (χ2v) is 5.86. The molecule has 1 spiro atoms. The lowest BCUT2D eigenvalue weighted by molar-refractivity contribution is 0.0386. The molecular formula is C15H27NO4. The molecule has 1 aliphatic carbocycles. The van der Waals surface area contributed by atoms with Gasteiger partial charge in [0.05, 0.1) is 6.10 Å². The quantitative estimate of drug-likeness (QED) is 0.577. The average Bonchev–Trinajstić information content (AvgIpc) is 3.09. The summed E-state index contributed by atoms with van der Waals surface area (Å²) in [6.07, 6.45) is 7.98. The minimum Gasteiger partial charge on any atom is -0.416 e. The number of rotatable bonds is 7. The third-order valence-electron chi connectivity index (χ3n) is 4.26. The van der Waals surface area contributed by atoms with Crippen molar-refractivity contribution in [3.8, 4) is 0 Å². The molecule has 116 valence electrons. The summed E-state index contributed by atoms with van der Waals surface area (Å²) < 4.78 is 16.3. The Hall–Kier alpha value is -0.810. The van der Waals surface area contributed by atoms with E-state index in [2.05, 4.69) is 12.2 Å². The van der Waals surface area contributed by atoms with Gasteiger partial charge in [-0.15, -0.1) is 0 Å². The van der Waals surface area contributed by atoms with Crippen molar-refractivity contribution < 1.29 is 19.0 Å². The number of alkyl carbamates (subject to hydrolysis) is 1. The predicted octanol–water partition coefficient (Wildman–Crippen LogP) is 2.98. The van der Waals surface area contributed by atoms with Gasteiger partial charge in [0.15, 0.2) is 0 Å². The smallest absolute Gasteiger partial charge is 0.409 e. The van der Waals surface area contributed by atoms with E-state index in [9.17, 15) is 4.79 Å². The zero-order valence-corrected chi connectivity index (χ0v) is 12.7. The molecular weight excluding hydrogens is 258 g/mol. The van der Waals surface area contributed by atoms with Crippen LogP contribution in [0.25, 0.3) is 0 Å². The highest BCUT2D eigenvalue weighted by Crippen LogP contribution is 2.49. The van der Waals surface area contributed by atoms with E-state index >= 15 is 0 Å². The van der Waals surface area contributed by atoms with Crippen LogP contribution in [0.1, 0.15) is 58.3 Å². The molecule has 0 aromatic carbocycles. The molecule has 0 aromatic heterocycles. The Balaban J connectivity index is 1.61. The number of hydrogen-bond donors (Lipinski definition) is 1. The first-order valence-electron chi connectivity index (χ1n) is 7.85. The third kappa shape index (κ3) is 4.09. The molecule has 0 radical (unpaired) electrons. The molecule has 2 aliphatic rings. The van der Waals surface area contributed by atoms with E-state index in [0.29, 0.717) is 6.54 Å². The van der Waals surface area contributed by atoms with Crippen LogP contribution in [0.5, 0.6) is 0 Å². The lowest BCUT2D eigenvalue weighted by Crippen LogP contribution is -2.33. The van der Waals surface area contributed by atoms with Gasteiger partial charge >= 0.3 is 6.09 Å². The summed E-state index contributed by atoms with van der Waals surface area (Å²) in [5, 5.41) is 2.79. The zero-order chi connectivity index (χ0) is 14.4. The summed E-state index contributed by atoms with van der Waals surface area (Å²) in [5.74, 6) is 0. The minimum absolute atomic E-state index is 0.231.